The summed E-state index contributed by atoms with van der Waals surface area (Å²) in [6, 6.07) is 0.368. The van der Waals surface area contributed by atoms with Gasteiger partial charge in [0, 0.05) is 12.6 Å². The lowest BCUT2D eigenvalue weighted by Gasteiger charge is -1.96. The Morgan fingerprint density at radius 3 is 2.88 bits per heavy atom. The summed E-state index contributed by atoms with van der Waals surface area (Å²) in [6.45, 7) is 0. The van der Waals surface area contributed by atoms with E-state index < -0.39 is 0 Å². The van der Waals surface area contributed by atoms with Gasteiger partial charge in [0.15, 0.2) is 0 Å². The van der Waals surface area contributed by atoms with Crippen LogP contribution in [0.4, 0.5) is 0 Å². The quantitative estimate of drug-likeness (QED) is 0.443. The second kappa shape index (κ2) is 1.19. The van der Waals surface area contributed by atoms with Crippen LogP contribution in [0, 0.1) is 5.92 Å². The van der Waals surface area contributed by atoms with E-state index in [2.05, 4.69) is 4.99 Å². The first-order valence-electron chi connectivity index (χ1n) is 2.92. The van der Waals surface area contributed by atoms with E-state index in [1.165, 1.54) is 0 Å². The summed E-state index contributed by atoms with van der Waals surface area (Å²) in [7, 11) is 0. The predicted molar refractivity (Wildman–Crippen MR) is 30.0 cm³/mol. The Balaban J connectivity index is 2.35. The molecular formula is C6H7NO. The average molecular weight is 109 g/mol. The smallest absolute Gasteiger partial charge is 0.143 e. The molecule has 0 N–H and O–H groups in total. The molecule has 0 amide bonds. The Hall–Kier alpha value is -0.660. The number of carbonyl (C=O) groups excluding carboxylic acids is 1. The van der Waals surface area contributed by atoms with Crippen LogP contribution in [0.3, 0.4) is 0 Å². The molecule has 8 heavy (non-hydrogen) atoms. The molecule has 2 nitrogen and oxygen atoms in total. The van der Waals surface area contributed by atoms with Gasteiger partial charge >= 0.3 is 0 Å². The van der Waals surface area contributed by atoms with Gasteiger partial charge in [-0.3, -0.25) is 9.79 Å². The maximum Gasteiger partial charge on any atom is 0.143 e. The highest BCUT2D eigenvalue weighted by Crippen LogP contribution is 2.28. The van der Waals surface area contributed by atoms with Gasteiger partial charge in [-0.2, -0.15) is 0 Å². The molecule has 2 unspecified atom stereocenters. The molecule has 2 rings (SSSR count). The molecule has 1 saturated carbocycles. The van der Waals surface area contributed by atoms with E-state index in [9.17, 15) is 4.79 Å². The molecular weight excluding hydrogens is 102 g/mol. The minimum Gasteiger partial charge on any atom is -0.299 e. The molecule has 0 radical (unpaired) electrons. The fraction of sp³-hybridized carbons (Fsp3) is 0.667. The van der Waals surface area contributed by atoms with Crippen molar-refractivity contribution in [1.82, 2.24) is 0 Å². The Labute approximate surface area is 47.6 Å². The maximum atomic E-state index is 10.7. The third-order valence-corrected chi connectivity index (χ3v) is 1.85. The minimum atomic E-state index is 0.208. The van der Waals surface area contributed by atoms with Crippen molar-refractivity contribution in [3.8, 4) is 0 Å². The monoisotopic (exact) mass is 109 g/mol. The number of hydrogen-bond acceptors (Lipinski definition) is 2. The number of aliphatic imine (C=N–C) groups is 1. The van der Waals surface area contributed by atoms with Gasteiger partial charge in [0.25, 0.3) is 0 Å². The van der Waals surface area contributed by atoms with Crippen LogP contribution < -0.4 is 0 Å². The van der Waals surface area contributed by atoms with Crippen LogP contribution in [0.1, 0.15) is 12.8 Å². The van der Waals surface area contributed by atoms with Gasteiger partial charge in [-0.05, 0) is 6.42 Å². The van der Waals surface area contributed by atoms with E-state index in [0.717, 1.165) is 6.42 Å². The molecule has 1 aliphatic heterocycles. The molecule has 2 heteroatoms. The van der Waals surface area contributed by atoms with Crippen LogP contribution >= 0.6 is 0 Å². The molecule has 0 aromatic heterocycles. The Bertz CT molecular complexity index is 162. The summed E-state index contributed by atoms with van der Waals surface area (Å²) < 4.78 is 0. The van der Waals surface area contributed by atoms with Crippen LogP contribution in [-0.2, 0) is 4.79 Å². The van der Waals surface area contributed by atoms with Gasteiger partial charge in [0.2, 0.25) is 0 Å². The summed E-state index contributed by atoms with van der Waals surface area (Å²) in [5.74, 6) is 0.602. The molecule has 2 atom stereocenters. The van der Waals surface area contributed by atoms with E-state index in [0.29, 0.717) is 18.2 Å². The Kier molecular flexibility index (Phi) is 0.629. The number of ketones is 1. The second-order valence-corrected chi connectivity index (χ2v) is 2.46. The van der Waals surface area contributed by atoms with Crippen LogP contribution in [0.25, 0.3) is 0 Å². The highest BCUT2D eigenvalue weighted by molar-refractivity contribution is 5.99. The third kappa shape index (κ3) is 0.377. The van der Waals surface area contributed by atoms with Gasteiger partial charge in [0.05, 0.1) is 12.0 Å². The highest BCUT2D eigenvalue weighted by Gasteiger charge is 2.34. The SMILES string of the molecule is O=C1CC2CC1C=N2. The van der Waals surface area contributed by atoms with Crippen molar-refractivity contribution >= 4 is 12.0 Å². The molecule has 0 aromatic carbocycles. The summed E-state index contributed by atoms with van der Waals surface area (Å²) >= 11 is 0. The standard InChI is InChI=1S/C6H7NO/c8-6-2-5-1-4(6)3-7-5/h3-5H,1-2H2. The van der Waals surface area contributed by atoms with Gasteiger partial charge in [-0.25, -0.2) is 0 Å². The molecule has 1 aliphatic carbocycles. The number of fused-ring (bicyclic) bond motifs is 2. The summed E-state index contributed by atoms with van der Waals surface area (Å²) in [4.78, 5) is 14.9. The lowest BCUT2D eigenvalue weighted by molar-refractivity contribution is -0.119. The van der Waals surface area contributed by atoms with Crippen molar-refractivity contribution in [2.75, 3.05) is 0 Å². The van der Waals surface area contributed by atoms with Crippen molar-refractivity contribution in [1.29, 1.82) is 0 Å². The molecule has 0 saturated heterocycles. The maximum absolute atomic E-state index is 10.7. The molecule has 0 spiro atoms. The zero-order chi connectivity index (χ0) is 5.56. The van der Waals surface area contributed by atoms with Crippen LogP contribution in [0.5, 0.6) is 0 Å². The predicted octanol–water partition coefficient (Wildman–Crippen LogP) is 0.418. The Morgan fingerprint density at radius 1 is 1.75 bits per heavy atom. The van der Waals surface area contributed by atoms with Crippen LogP contribution in [0.15, 0.2) is 4.99 Å². The van der Waals surface area contributed by atoms with Gasteiger partial charge < -0.3 is 0 Å². The molecule has 1 heterocycles. The fourth-order valence-corrected chi connectivity index (χ4v) is 1.37. The van der Waals surface area contributed by atoms with E-state index in [-0.39, 0.29) is 5.92 Å². The largest absolute Gasteiger partial charge is 0.299 e. The van der Waals surface area contributed by atoms with Crippen LogP contribution in [-0.4, -0.2) is 18.0 Å². The van der Waals surface area contributed by atoms with E-state index in [4.69, 9.17) is 0 Å². The van der Waals surface area contributed by atoms with E-state index in [1.54, 1.807) is 6.21 Å². The van der Waals surface area contributed by atoms with Crippen molar-refractivity contribution < 1.29 is 4.79 Å². The summed E-state index contributed by atoms with van der Waals surface area (Å²) in [5.41, 5.74) is 0. The number of rotatable bonds is 0. The van der Waals surface area contributed by atoms with Gasteiger partial charge in [0.1, 0.15) is 5.78 Å². The third-order valence-electron chi connectivity index (χ3n) is 1.85. The fourth-order valence-electron chi connectivity index (χ4n) is 1.37. The van der Waals surface area contributed by atoms with Crippen molar-refractivity contribution in [3.63, 3.8) is 0 Å². The highest BCUT2D eigenvalue weighted by atomic mass is 16.1. The molecule has 0 aromatic rings. The first-order chi connectivity index (χ1) is 3.86. The zero-order valence-electron chi connectivity index (χ0n) is 4.50. The number of hydrogen-bond donors (Lipinski definition) is 0. The topological polar surface area (TPSA) is 29.4 Å². The normalized spacial score (nSPS) is 41.8. The van der Waals surface area contributed by atoms with Crippen molar-refractivity contribution in [2.24, 2.45) is 10.9 Å². The second-order valence-electron chi connectivity index (χ2n) is 2.46. The van der Waals surface area contributed by atoms with Gasteiger partial charge in [-0.1, -0.05) is 0 Å². The van der Waals surface area contributed by atoms with E-state index in [1.807, 2.05) is 0 Å². The first-order valence-corrected chi connectivity index (χ1v) is 2.92. The zero-order valence-corrected chi connectivity index (χ0v) is 4.50. The molecule has 2 aliphatic rings. The van der Waals surface area contributed by atoms with Crippen LogP contribution in [0.2, 0.25) is 0 Å². The average Bonchev–Trinajstić information content (AvgIpc) is 2.23. The Morgan fingerprint density at radius 2 is 2.62 bits per heavy atom. The van der Waals surface area contributed by atoms with Gasteiger partial charge in [-0.15, -0.1) is 0 Å². The van der Waals surface area contributed by atoms with E-state index >= 15 is 0 Å². The lowest BCUT2D eigenvalue weighted by Crippen LogP contribution is -2.08. The number of nitrogens with zero attached hydrogens (tertiary/aromatic N) is 1. The molecule has 42 valence electrons. The molecule has 2 bridgehead atoms. The number of Topliss-reactive ketones (excluding diaryl/α,β-unsaturated/α-hetero) is 1. The summed E-state index contributed by atoms with van der Waals surface area (Å²) in [5, 5.41) is 0. The summed E-state index contributed by atoms with van der Waals surface area (Å²) in [6.07, 6.45) is 3.51. The minimum absolute atomic E-state index is 0.208. The van der Waals surface area contributed by atoms with Crippen molar-refractivity contribution in [3.05, 3.63) is 0 Å². The van der Waals surface area contributed by atoms with Crippen molar-refractivity contribution in [2.45, 2.75) is 18.9 Å². The first kappa shape index (κ1) is 4.24. The lowest BCUT2D eigenvalue weighted by atomic mass is 10.1. The molecule has 1 fully saturated rings. The number of carbonyl (C=O) groups is 1.